The smallest absolute Gasteiger partial charge is 0.275 e. The molecule has 5 heteroatoms. The molecule has 0 aliphatic carbocycles. The van der Waals surface area contributed by atoms with Crippen molar-refractivity contribution in [1.82, 2.24) is 9.99 Å². The number of hydrogen-bond donors (Lipinski definition) is 1. The van der Waals surface area contributed by atoms with Gasteiger partial charge < -0.3 is 9.30 Å². The molecule has 0 aliphatic rings. The highest BCUT2D eigenvalue weighted by molar-refractivity contribution is 5.97. The molecule has 0 aliphatic heterocycles. The molecular weight excluding hydrogens is 278 g/mol. The third-order valence-corrected chi connectivity index (χ3v) is 3.79. The molecule has 1 aromatic heterocycles. The number of aryl methyl sites for hydroxylation is 2. The van der Waals surface area contributed by atoms with E-state index >= 15 is 0 Å². The minimum absolute atomic E-state index is 0.293. The first-order valence-corrected chi connectivity index (χ1v) is 7.05. The SMILES string of the molecule is COc1cc(C)ccc1C(=O)N/N=C\c1cc(C)n(C)c1C. The lowest BCUT2D eigenvalue weighted by atomic mass is 10.1. The average molecular weight is 299 g/mol. The number of carbonyl (C=O) groups excluding carboxylic acids is 1. The predicted molar refractivity (Wildman–Crippen MR) is 87.7 cm³/mol. The van der Waals surface area contributed by atoms with E-state index in [1.165, 1.54) is 0 Å². The Kier molecular flexibility index (Phi) is 4.65. The quantitative estimate of drug-likeness (QED) is 0.697. The van der Waals surface area contributed by atoms with Crippen LogP contribution in [0.3, 0.4) is 0 Å². The summed E-state index contributed by atoms with van der Waals surface area (Å²) in [7, 11) is 3.54. The molecular formula is C17H21N3O2. The minimum Gasteiger partial charge on any atom is -0.496 e. The first-order valence-electron chi connectivity index (χ1n) is 7.05. The number of carbonyl (C=O) groups is 1. The summed E-state index contributed by atoms with van der Waals surface area (Å²) in [5, 5.41) is 4.04. The fourth-order valence-corrected chi connectivity index (χ4v) is 2.22. The zero-order valence-corrected chi connectivity index (χ0v) is 13.6. The Bertz CT molecular complexity index is 730. The van der Waals surface area contributed by atoms with Crippen molar-refractivity contribution in [1.29, 1.82) is 0 Å². The summed E-state index contributed by atoms with van der Waals surface area (Å²) in [6, 6.07) is 7.45. The zero-order valence-electron chi connectivity index (χ0n) is 13.6. The van der Waals surface area contributed by atoms with Gasteiger partial charge >= 0.3 is 0 Å². The van der Waals surface area contributed by atoms with Crippen molar-refractivity contribution in [3.63, 3.8) is 0 Å². The second-order valence-corrected chi connectivity index (χ2v) is 5.29. The molecule has 0 bridgehead atoms. The monoisotopic (exact) mass is 299 g/mol. The van der Waals surface area contributed by atoms with Gasteiger partial charge in [0.2, 0.25) is 0 Å². The van der Waals surface area contributed by atoms with Gasteiger partial charge in [-0.15, -0.1) is 0 Å². The lowest BCUT2D eigenvalue weighted by Gasteiger charge is -2.07. The van der Waals surface area contributed by atoms with E-state index in [9.17, 15) is 4.79 Å². The fourth-order valence-electron chi connectivity index (χ4n) is 2.22. The van der Waals surface area contributed by atoms with Crippen molar-refractivity contribution in [3.8, 4) is 5.75 Å². The summed E-state index contributed by atoms with van der Waals surface area (Å²) in [6.07, 6.45) is 1.65. The van der Waals surface area contributed by atoms with Gasteiger partial charge in [0, 0.05) is 24.0 Å². The number of nitrogens with zero attached hydrogens (tertiary/aromatic N) is 2. The van der Waals surface area contributed by atoms with Crippen LogP contribution in [0.15, 0.2) is 29.4 Å². The van der Waals surface area contributed by atoms with Crippen LogP contribution in [0, 0.1) is 20.8 Å². The van der Waals surface area contributed by atoms with Crippen LogP contribution < -0.4 is 10.2 Å². The minimum atomic E-state index is -0.293. The Balaban J connectivity index is 2.13. The highest BCUT2D eigenvalue weighted by Gasteiger charge is 2.11. The van der Waals surface area contributed by atoms with Gasteiger partial charge in [-0.1, -0.05) is 6.07 Å². The van der Waals surface area contributed by atoms with Crippen LogP contribution >= 0.6 is 0 Å². The summed E-state index contributed by atoms with van der Waals surface area (Å²) in [4.78, 5) is 12.2. The Morgan fingerprint density at radius 3 is 2.59 bits per heavy atom. The average Bonchev–Trinajstić information content (AvgIpc) is 2.74. The highest BCUT2D eigenvalue weighted by atomic mass is 16.5. The van der Waals surface area contributed by atoms with Crippen LogP contribution in [0.2, 0.25) is 0 Å². The molecule has 0 atom stereocenters. The lowest BCUT2D eigenvalue weighted by molar-refractivity contribution is 0.0952. The van der Waals surface area contributed by atoms with Crippen molar-refractivity contribution in [2.75, 3.05) is 7.11 Å². The first kappa shape index (κ1) is 15.8. The lowest BCUT2D eigenvalue weighted by Crippen LogP contribution is -2.18. The molecule has 1 heterocycles. The van der Waals surface area contributed by atoms with Crippen molar-refractivity contribution in [2.24, 2.45) is 12.1 Å². The van der Waals surface area contributed by atoms with E-state index in [-0.39, 0.29) is 5.91 Å². The number of hydrazone groups is 1. The molecule has 1 amide bonds. The van der Waals surface area contributed by atoms with Crippen LogP contribution in [0.25, 0.3) is 0 Å². The third kappa shape index (κ3) is 3.19. The van der Waals surface area contributed by atoms with Crippen LogP contribution in [0.4, 0.5) is 0 Å². The second kappa shape index (κ2) is 6.47. The molecule has 0 spiro atoms. The molecule has 5 nitrogen and oxygen atoms in total. The maximum Gasteiger partial charge on any atom is 0.275 e. The number of benzene rings is 1. The van der Waals surface area contributed by atoms with Crippen LogP contribution in [-0.2, 0) is 7.05 Å². The summed E-state index contributed by atoms with van der Waals surface area (Å²) in [5.41, 5.74) is 7.26. The van der Waals surface area contributed by atoms with E-state index in [0.717, 1.165) is 22.5 Å². The molecule has 0 radical (unpaired) electrons. The third-order valence-electron chi connectivity index (χ3n) is 3.79. The van der Waals surface area contributed by atoms with Crippen LogP contribution in [-0.4, -0.2) is 23.8 Å². The Morgan fingerprint density at radius 2 is 2.00 bits per heavy atom. The van der Waals surface area contributed by atoms with Gasteiger partial charge in [-0.25, -0.2) is 5.43 Å². The molecule has 0 fully saturated rings. The Morgan fingerprint density at radius 1 is 1.27 bits per heavy atom. The molecule has 0 saturated carbocycles. The van der Waals surface area contributed by atoms with Gasteiger partial charge in [0.1, 0.15) is 5.75 Å². The second-order valence-electron chi connectivity index (χ2n) is 5.29. The molecule has 1 N–H and O–H groups in total. The fraction of sp³-hybridized carbons (Fsp3) is 0.294. The summed E-state index contributed by atoms with van der Waals surface area (Å²) < 4.78 is 7.31. The van der Waals surface area contributed by atoms with Gasteiger partial charge in [0.25, 0.3) is 5.91 Å². The standard InChI is InChI=1S/C17H21N3O2/c1-11-6-7-15(16(8-11)22-5)17(21)19-18-10-14-9-12(2)20(4)13(14)3/h6-10H,1-5H3,(H,19,21)/b18-10-. The van der Waals surface area contributed by atoms with E-state index in [1.807, 2.05) is 46.0 Å². The van der Waals surface area contributed by atoms with Gasteiger partial charge in [0.15, 0.2) is 0 Å². The maximum absolute atomic E-state index is 12.2. The number of ether oxygens (including phenoxy) is 1. The summed E-state index contributed by atoms with van der Waals surface area (Å²) >= 11 is 0. The van der Waals surface area contributed by atoms with Crippen molar-refractivity contribution in [3.05, 3.63) is 52.3 Å². The first-order chi connectivity index (χ1) is 10.4. The van der Waals surface area contributed by atoms with E-state index in [4.69, 9.17) is 4.74 Å². The number of nitrogens with one attached hydrogen (secondary N) is 1. The van der Waals surface area contributed by atoms with E-state index in [0.29, 0.717) is 11.3 Å². The van der Waals surface area contributed by atoms with Gasteiger partial charge in [-0.3, -0.25) is 4.79 Å². The molecule has 2 aromatic rings. The Labute approximate surface area is 130 Å². The number of amides is 1. The van der Waals surface area contributed by atoms with Crippen molar-refractivity contribution < 1.29 is 9.53 Å². The van der Waals surface area contributed by atoms with Crippen LogP contribution in [0.1, 0.15) is 32.9 Å². The highest BCUT2D eigenvalue weighted by Crippen LogP contribution is 2.19. The molecule has 0 saturated heterocycles. The predicted octanol–water partition coefficient (Wildman–Crippen LogP) is 2.72. The number of hydrogen-bond acceptors (Lipinski definition) is 3. The van der Waals surface area contributed by atoms with Crippen LogP contribution in [0.5, 0.6) is 5.75 Å². The molecule has 1 aromatic carbocycles. The zero-order chi connectivity index (χ0) is 16.3. The Hall–Kier alpha value is -2.56. The summed E-state index contributed by atoms with van der Waals surface area (Å²) in [6.45, 7) is 5.99. The topological polar surface area (TPSA) is 55.6 Å². The number of methoxy groups -OCH3 is 1. The van der Waals surface area contributed by atoms with E-state index < -0.39 is 0 Å². The normalized spacial score (nSPS) is 11.0. The van der Waals surface area contributed by atoms with E-state index in [2.05, 4.69) is 15.1 Å². The molecule has 0 unspecified atom stereocenters. The van der Waals surface area contributed by atoms with Crippen molar-refractivity contribution >= 4 is 12.1 Å². The maximum atomic E-state index is 12.2. The van der Waals surface area contributed by atoms with Crippen molar-refractivity contribution in [2.45, 2.75) is 20.8 Å². The molecule has 2 rings (SSSR count). The van der Waals surface area contributed by atoms with E-state index in [1.54, 1.807) is 19.4 Å². The van der Waals surface area contributed by atoms with Gasteiger partial charge in [-0.05, 0) is 44.5 Å². The molecule has 22 heavy (non-hydrogen) atoms. The number of rotatable bonds is 4. The van der Waals surface area contributed by atoms with Gasteiger partial charge in [-0.2, -0.15) is 5.10 Å². The molecule has 116 valence electrons. The summed E-state index contributed by atoms with van der Waals surface area (Å²) in [5.74, 6) is 0.248. The number of aromatic nitrogens is 1. The largest absolute Gasteiger partial charge is 0.496 e. The van der Waals surface area contributed by atoms with Gasteiger partial charge in [0.05, 0.1) is 18.9 Å².